The predicted octanol–water partition coefficient (Wildman–Crippen LogP) is 2.59. The highest BCUT2D eigenvalue weighted by Crippen LogP contribution is 2.37. The maximum Gasteiger partial charge on any atom is 0.205 e. The first-order valence-electron chi connectivity index (χ1n) is 6.44. The monoisotopic (exact) mass is 254 g/mol. The summed E-state index contributed by atoms with van der Waals surface area (Å²) in [5.41, 5.74) is 0.552. The second kappa shape index (κ2) is 5.31. The molecule has 0 aromatic carbocycles. The van der Waals surface area contributed by atoms with Crippen molar-refractivity contribution in [1.82, 2.24) is 15.1 Å². The van der Waals surface area contributed by atoms with Crippen LogP contribution >= 0.6 is 11.3 Å². The summed E-state index contributed by atoms with van der Waals surface area (Å²) in [7, 11) is 1.89. The van der Waals surface area contributed by atoms with E-state index in [1.54, 1.807) is 11.3 Å². The molecule has 0 saturated carbocycles. The van der Waals surface area contributed by atoms with E-state index in [9.17, 15) is 0 Å². The summed E-state index contributed by atoms with van der Waals surface area (Å²) in [5.74, 6) is 0. The molecule has 0 amide bonds. The third-order valence-corrected chi connectivity index (χ3v) is 4.98. The Labute approximate surface area is 107 Å². The fraction of sp³-hybridized carbons (Fsp3) is 0.833. The van der Waals surface area contributed by atoms with Gasteiger partial charge in [0.15, 0.2) is 0 Å². The summed E-state index contributed by atoms with van der Waals surface area (Å²) in [6.45, 7) is 8.01. The van der Waals surface area contributed by atoms with Crippen LogP contribution < -0.4 is 5.32 Å². The molecule has 1 saturated heterocycles. The average molecular weight is 254 g/mol. The summed E-state index contributed by atoms with van der Waals surface area (Å²) in [4.78, 5) is 2.52. The molecular formula is C12H22N4S. The zero-order valence-electron chi connectivity index (χ0n) is 11.0. The molecule has 1 N–H and O–H groups in total. The molecule has 0 aliphatic carbocycles. The molecule has 17 heavy (non-hydrogen) atoms. The Morgan fingerprint density at radius 3 is 2.65 bits per heavy atom. The van der Waals surface area contributed by atoms with E-state index in [0.717, 1.165) is 16.7 Å². The second-order valence-electron chi connectivity index (χ2n) is 4.92. The summed E-state index contributed by atoms with van der Waals surface area (Å²) in [5, 5.41) is 13.4. The van der Waals surface area contributed by atoms with Crippen LogP contribution in [0.2, 0.25) is 0 Å². The van der Waals surface area contributed by atoms with E-state index in [-0.39, 0.29) is 0 Å². The average Bonchev–Trinajstić information content (AvgIpc) is 2.97. The predicted molar refractivity (Wildman–Crippen MR) is 72.4 cm³/mol. The lowest BCUT2D eigenvalue weighted by Crippen LogP contribution is -2.26. The van der Waals surface area contributed by atoms with Gasteiger partial charge in [-0.2, -0.15) is 0 Å². The molecule has 0 spiro atoms. The van der Waals surface area contributed by atoms with Crippen LogP contribution in [0, 0.1) is 5.41 Å². The lowest BCUT2D eigenvalue weighted by atomic mass is 9.82. The smallest absolute Gasteiger partial charge is 0.205 e. The standard InChI is InChI=1S/C12H22N4S/c1-4-12(5-2)6-7-16(9-12)8-10-14-15-11(13-3)17-10/h4-9H2,1-3H3,(H,13,15). The highest BCUT2D eigenvalue weighted by Gasteiger charge is 2.34. The van der Waals surface area contributed by atoms with Gasteiger partial charge in [-0.1, -0.05) is 25.2 Å². The molecule has 1 fully saturated rings. The third kappa shape index (κ3) is 2.77. The highest BCUT2D eigenvalue weighted by atomic mass is 32.1. The Balaban J connectivity index is 1.93. The molecule has 1 aliphatic rings. The molecule has 0 unspecified atom stereocenters. The minimum Gasteiger partial charge on any atom is -0.363 e. The minimum absolute atomic E-state index is 0.552. The van der Waals surface area contributed by atoms with E-state index in [4.69, 9.17) is 0 Å². The van der Waals surface area contributed by atoms with Crippen molar-refractivity contribution in [1.29, 1.82) is 0 Å². The van der Waals surface area contributed by atoms with Crippen molar-refractivity contribution in [3.8, 4) is 0 Å². The van der Waals surface area contributed by atoms with E-state index < -0.39 is 0 Å². The molecule has 5 heteroatoms. The molecule has 1 aromatic heterocycles. The van der Waals surface area contributed by atoms with Gasteiger partial charge in [-0.3, -0.25) is 4.90 Å². The number of nitrogens with one attached hydrogen (secondary N) is 1. The molecule has 0 bridgehead atoms. The van der Waals surface area contributed by atoms with Crippen molar-refractivity contribution in [2.24, 2.45) is 5.41 Å². The summed E-state index contributed by atoms with van der Waals surface area (Å²) in [6.07, 6.45) is 3.91. The van der Waals surface area contributed by atoms with Gasteiger partial charge in [0.05, 0.1) is 6.54 Å². The zero-order chi connectivity index (χ0) is 12.3. The van der Waals surface area contributed by atoms with Gasteiger partial charge in [-0.25, -0.2) is 0 Å². The summed E-state index contributed by atoms with van der Waals surface area (Å²) >= 11 is 1.66. The summed E-state index contributed by atoms with van der Waals surface area (Å²) < 4.78 is 0. The zero-order valence-corrected chi connectivity index (χ0v) is 11.8. The number of nitrogens with zero attached hydrogens (tertiary/aromatic N) is 3. The quantitative estimate of drug-likeness (QED) is 0.877. The number of rotatable bonds is 5. The number of aromatic nitrogens is 2. The van der Waals surface area contributed by atoms with Crippen molar-refractivity contribution in [3.05, 3.63) is 5.01 Å². The first kappa shape index (κ1) is 12.8. The maximum atomic E-state index is 4.21. The van der Waals surface area contributed by atoms with Crippen molar-refractivity contribution in [3.63, 3.8) is 0 Å². The lowest BCUT2D eigenvalue weighted by Gasteiger charge is -2.26. The van der Waals surface area contributed by atoms with Crippen LogP contribution in [-0.4, -0.2) is 35.2 Å². The van der Waals surface area contributed by atoms with Gasteiger partial charge in [0.25, 0.3) is 0 Å². The molecule has 1 aromatic rings. The maximum absolute atomic E-state index is 4.21. The Bertz CT molecular complexity index is 359. The third-order valence-electron chi connectivity index (χ3n) is 4.06. The van der Waals surface area contributed by atoms with Gasteiger partial charge in [0, 0.05) is 13.6 Å². The van der Waals surface area contributed by atoms with Gasteiger partial charge in [-0.05, 0) is 31.2 Å². The van der Waals surface area contributed by atoms with E-state index >= 15 is 0 Å². The number of anilines is 1. The SMILES string of the molecule is CCC1(CC)CCN(Cc2nnc(NC)s2)C1. The van der Waals surface area contributed by atoms with Crippen LogP contribution in [0.4, 0.5) is 5.13 Å². The molecule has 1 aliphatic heterocycles. The highest BCUT2D eigenvalue weighted by molar-refractivity contribution is 7.15. The van der Waals surface area contributed by atoms with Crippen LogP contribution in [-0.2, 0) is 6.54 Å². The Morgan fingerprint density at radius 2 is 2.12 bits per heavy atom. The van der Waals surface area contributed by atoms with E-state index in [1.165, 1.54) is 32.4 Å². The fourth-order valence-electron chi connectivity index (χ4n) is 2.60. The first-order chi connectivity index (χ1) is 8.21. The normalized spacial score (nSPS) is 19.7. The van der Waals surface area contributed by atoms with Crippen molar-refractivity contribution >= 4 is 16.5 Å². The van der Waals surface area contributed by atoms with Crippen LogP contribution in [0.3, 0.4) is 0 Å². The molecule has 4 nitrogen and oxygen atoms in total. The Morgan fingerprint density at radius 1 is 1.35 bits per heavy atom. The minimum atomic E-state index is 0.552. The molecule has 96 valence electrons. The topological polar surface area (TPSA) is 41.1 Å². The van der Waals surface area contributed by atoms with Crippen LogP contribution in [0.15, 0.2) is 0 Å². The van der Waals surface area contributed by atoms with Crippen molar-refractivity contribution < 1.29 is 0 Å². The fourth-order valence-corrected chi connectivity index (χ4v) is 3.34. The number of likely N-dealkylation sites (tertiary alicyclic amines) is 1. The Kier molecular flexibility index (Phi) is 3.99. The number of hydrogen-bond acceptors (Lipinski definition) is 5. The molecule has 2 heterocycles. The molecule has 0 radical (unpaired) electrons. The van der Waals surface area contributed by atoms with Gasteiger partial charge in [0.1, 0.15) is 5.01 Å². The van der Waals surface area contributed by atoms with Crippen LogP contribution in [0.5, 0.6) is 0 Å². The molecule has 0 atom stereocenters. The van der Waals surface area contributed by atoms with Gasteiger partial charge < -0.3 is 5.32 Å². The lowest BCUT2D eigenvalue weighted by molar-refractivity contribution is 0.236. The summed E-state index contributed by atoms with van der Waals surface area (Å²) in [6, 6.07) is 0. The first-order valence-corrected chi connectivity index (χ1v) is 7.25. The second-order valence-corrected chi connectivity index (χ2v) is 5.98. The van der Waals surface area contributed by atoms with Gasteiger partial charge in [-0.15, -0.1) is 10.2 Å². The van der Waals surface area contributed by atoms with Crippen LogP contribution in [0.1, 0.15) is 38.1 Å². The van der Waals surface area contributed by atoms with E-state index in [0.29, 0.717) is 5.41 Å². The van der Waals surface area contributed by atoms with Crippen molar-refractivity contribution in [2.75, 3.05) is 25.5 Å². The van der Waals surface area contributed by atoms with E-state index in [1.807, 2.05) is 7.05 Å². The molecular weight excluding hydrogens is 232 g/mol. The van der Waals surface area contributed by atoms with Gasteiger partial charge in [0.2, 0.25) is 5.13 Å². The van der Waals surface area contributed by atoms with E-state index in [2.05, 4.69) is 34.3 Å². The Hall–Kier alpha value is -0.680. The number of hydrogen-bond donors (Lipinski definition) is 1. The largest absolute Gasteiger partial charge is 0.363 e. The van der Waals surface area contributed by atoms with Crippen LogP contribution in [0.25, 0.3) is 0 Å². The van der Waals surface area contributed by atoms with Gasteiger partial charge >= 0.3 is 0 Å². The van der Waals surface area contributed by atoms with Crippen molar-refractivity contribution in [2.45, 2.75) is 39.7 Å². The molecule has 2 rings (SSSR count).